The standard InChI is InChI=1S/C12H19N3/c1-4-10-14-11(9-6-7-9)8(3)12(15-10)13-5-2/h9H,4-7H2,1-3H3,(H,13,14,15). The third-order valence-corrected chi connectivity index (χ3v) is 2.85. The Bertz CT molecular complexity index is 356. The van der Waals surface area contributed by atoms with Crippen molar-refractivity contribution in [2.45, 2.75) is 46.0 Å². The largest absolute Gasteiger partial charge is 0.370 e. The van der Waals surface area contributed by atoms with Crippen molar-refractivity contribution in [3.63, 3.8) is 0 Å². The van der Waals surface area contributed by atoms with Crippen molar-refractivity contribution >= 4 is 5.82 Å². The first-order valence-corrected chi connectivity index (χ1v) is 5.87. The van der Waals surface area contributed by atoms with Crippen LogP contribution in [0.3, 0.4) is 0 Å². The molecule has 0 atom stereocenters. The van der Waals surface area contributed by atoms with Crippen LogP contribution in [-0.2, 0) is 6.42 Å². The Kier molecular flexibility index (Phi) is 2.89. The lowest BCUT2D eigenvalue weighted by Crippen LogP contribution is -2.08. The van der Waals surface area contributed by atoms with E-state index in [2.05, 4.69) is 36.1 Å². The third-order valence-electron chi connectivity index (χ3n) is 2.85. The zero-order chi connectivity index (χ0) is 10.8. The molecular formula is C12H19N3. The van der Waals surface area contributed by atoms with Gasteiger partial charge in [-0.3, -0.25) is 0 Å². The van der Waals surface area contributed by atoms with Gasteiger partial charge in [-0.25, -0.2) is 9.97 Å². The molecule has 3 heteroatoms. The van der Waals surface area contributed by atoms with Gasteiger partial charge < -0.3 is 5.32 Å². The van der Waals surface area contributed by atoms with E-state index in [0.29, 0.717) is 5.92 Å². The summed E-state index contributed by atoms with van der Waals surface area (Å²) in [6, 6.07) is 0. The molecule has 1 saturated carbocycles. The first-order valence-electron chi connectivity index (χ1n) is 5.87. The Morgan fingerprint density at radius 2 is 2.00 bits per heavy atom. The van der Waals surface area contributed by atoms with Gasteiger partial charge in [0.05, 0.1) is 5.69 Å². The molecule has 1 aliphatic carbocycles. The van der Waals surface area contributed by atoms with Gasteiger partial charge in [0.25, 0.3) is 0 Å². The molecule has 1 aliphatic rings. The van der Waals surface area contributed by atoms with Crippen molar-refractivity contribution in [1.29, 1.82) is 0 Å². The van der Waals surface area contributed by atoms with Crippen molar-refractivity contribution in [2.24, 2.45) is 0 Å². The number of rotatable bonds is 4. The van der Waals surface area contributed by atoms with Crippen molar-refractivity contribution in [3.8, 4) is 0 Å². The quantitative estimate of drug-likeness (QED) is 0.821. The van der Waals surface area contributed by atoms with Crippen LogP contribution in [0.5, 0.6) is 0 Å². The second-order valence-corrected chi connectivity index (χ2v) is 4.16. The zero-order valence-electron chi connectivity index (χ0n) is 9.80. The predicted octanol–water partition coefficient (Wildman–Crippen LogP) is 2.66. The molecule has 1 heterocycles. The van der Waals surface area contributed by atoms with Gasteiger partial charge in [0.1, 0.15) is 11.6 Å². The molecule has 1 aromatic rings. The number of hydrogen-bond acceptors (Lipinski definition) is 3. The van der Waals surface area contributed by atoms with Crippen molar-refractivity contribution in [2.75, 3.05) is 11.9 Å². The van der Waals surface area contributed by atoms with Crippen molar-refractivity contribution in [1.82, 2.24) is 9.97 Å². The third kappa shape index (κ3) is 2.11. The summed E-state index contributed by atoms with van der Waals surface area (Å²) in [5.74, 6) is 2.71. The van der Waals surface area contributed by atoms with Crippen LogP contribution in [0.1, 0.15) is 49.7 Å². The molecule has 3 nitrogen and oxygen atoms in total. The maximum Gasteiger partial charge on any atom is 0.132 e. The highest BCUT2D eigenvalue weighted by atomic mass is 15.0. The maximum absolute atomic E-state index is 4.64. The summed E-state index contributed by atoms with van der Waals surface area (Å²) >= 11 is 0. The highest BCUT2D eigenvalue weighted by molar-refractivity contribution is 5.47. The van der Waals surface area contributed by atoms with E-state index in [-0.39, 0.29) is 0 Å². The number of nitrogens with one attached hydrogen (secondary N) is 1. The summed E-state index contributed by atoms with van der Waals surface area (Å²) in [5, 5.41) is 3.32. The Morgan fingerprint density at radius 1 is 1.27 bits per heavy atom. The van der Waals surface area contributed by atoms with Gasteiger partial charge in [-0.2, -0.15) is 0 Å². The minimum Gasteiger partial charge on any atom is -0.370 e. The van der Waals surface area contributed by atoms with Crippen LogP contribution in [0.4, 0.5) is 5.82 Å². The molecule has 2 rings (SSSR count). The lowest BCUT2D eigenvalue weighted by Gasteiger charge is -2.12. The van der Waals surface area contributed by atoms with Crippen LogP contribution < -0.4 is 5.32 Å². The monoisotopic (exact) mass is 205 g/mol. The molecule has 0 bridgehead atoms. The van der Waals surface area contributed by atoms with E-state index in [9.17, 15) is 0 Å². The second kappa shape index (κ2) is 4.17. The van der Waals surface area contributed by atoms with Crippen LogP contribution in [0.25, 0.3) is 0 Å². The molecule has 0 unspecified atom stereocenters. The Balaban J connectivity index is 2.39. The maximum atomic E-state index is 4.64. The molecule has 1 aromatic heterocycles. The smallest absolute Gasteiger partial charge is 0.132 e. The number of aromatic nitrogens is 2. The molecule has 15 heavy (non-hydrogen) atoms. The van der Waals surface area contributed by atoms with E-state index in [0.717, 1.165) is 24.6 Å². The number of hydrogen-bond donors (Lipinski definition) is 1. The topological polar surface area (TPSA) is 37.8 Å². The zero-order valence-corrected chi connectivity index (χ0v) is 9.80. The minimum absolute atomic E-state index is 0.704. The molecule has 0 saturated heterocycles. The molecule has 0 spiro atoms. The van der Waals surface area contributed by atoms with Gasteiger partial charge in [-0.05, 0) is 26.7 Å². The highest BCUT2D eigenvalue weighted by Crippen LogP contribution is 2.41. The Morgan fingerprint density at radius 3 is 2.53 bits per heavy atom. The number of anilines is 1. The molecule has 0 aromatic carbocycles. The molecule has 0 amide bonds. The SMILES string of the molecule is CCNc1nc(CC)nc(C2CC2)c1C. The average molecular weight is 205 g/mol. The van der Waals surface area contributed by atoms with Gasteiger partial charge in [0.15, 0.2) is 0 Å². The predicted molar refractivity (Wildman–Crippen MR) is 62.3 cm³/mol. The van der Waals surface area contributed by atoms with Gasteiger partial charge in [0, 0.05) is 24.4 Å². The second-order valence-electron chi connectivity index (χ2n) is 4.16. The van der Waals surface area contributed by atoms with Gasteiger partial charge >= 0.3 is 0 Å². The fourth-order valence-corrected chi connectivity index (χ4v) is 1.83. The summed E-state index contributed by atoms with van der Waals surface area (Å²) in [7, 11) is 0. The molecule has 0 radical (unpaired) electrons. The van der Waals surface area contributed by atoms with Crippen LogP contribution in [0, 0.1) is 6.92 Å². The van der Waals surface area contributed by atoms with E-state index in [1.54, 1.807) is 0 Å². The van der Waals surface area contributed by atoms with E-state index >= 15 is 0 Å². The van der Waals surface area contributed by atoms with E-state index in [4.69, 9.17) is 0 Å². The lowest BCUT2D eigenvalue weighted by molar-refractivity contribution is 0.866. The van der Waals surface area contributed by atoms with Gasteiger partial charge in [-0.1, -0.05) is 6.92 Å². The van der Waals surface area contributed by atoms with Crippen LogP contribution in [-0.4, -0.2) is 16.5 Å². The average Bonchev–Trinajstić information content (AvgIpc) is 3.05. The first kappa shape index (κ1) is 10.4. The molecule has 0 aliphatic heterocycles. The highest BCUT2D eigenvalue weighted by Gasteiger charge is 2.28. The number of nitrogens with zero attached hydrogens (tertiary/aromatic N) is 2. The normalized spacial score (nSPS) is 15.4. The molecule has 1 N–H and O–H groups in total. The molecule has 82 valence electrons. The molecule has 1 fully saturated rings. The summed E-state index contributed by atoms with van der Waals surface area (Å²) in [6.45, 7) is 7.26. The van der Waals surface area contributed by atoms with Crippen molar-refractivity contribution < 1.29 is 0 Å². The van der Waals surface area contributed by atoms with Gasteiger partial charge in [-0.15, -0.1) is 0 Å². The Labute approximate surface area is 91.3 Å². The summed E-state index contributed by atoms with van der Waals surface area (Å²) in [4.78, 5) is 9.17. The van der Waals surface area contributed by atoms with Crippen LogP contribution >= 0.6 is 0 Å². The van der Waals surface area contributed by atoms with Gasteiger partial charge in [0.2, 0.25) is 0 Å². The van der Waals surface area contributed by atoms with Crippen LogP contribution in [0.15, 0.2) is 0 Å². The van der Waals surface area contributed by atoms with Crippen molar-refractivity contribution in [3.05, 3.63) is 17.1 Å². The summed E-state index contributed by atoms with van der Waals surface area (Å²) in [5.41, 5.74) is 2.52. The van der Waals surface area contributed by atoms with Crippen LogP contribution in [0.2, 0.25) is 0 Å². The number of aryl methyl sites for hydroxylation is 1. The fraction of sp³-hybridized carbons (Fsp3) is 0.667. The fourth-order valence-electron chi connectivity index (χ4n) is 1.83. The molecular weight excluding hydrogens is 186 g/mol. The first-order chi connectivity index (χ1) is 7.26. The Hall–Kier alpha value is -1.12. The van der Waals surface area contributed by atoms with E-state index in [1.165, 1.54) is 24.1 Å². The summed E-state index contributed by atoms with van der Waals surface area (Å²) in [6.07, 6.45) is 3.51. The summed E-state index contributed by atoms with van der Waals surface area (Å²) < 4.78 is 0. The van der Waals surface area contributed by atoms with E-state index in [1.807, 2.05) is 0 Å². The lowest BCUT2D eigenvalue weighted by atomic mass is 10.1. The minimum atomic E-state index is 0.704. The van der Waals surface area contributed by atoms with E-state index < -0.39 is 0 Å².